The molecule has 0 aliphatic heterocycles. The zero-order chi connectivity index (χ0) is 14.4. The molecule has 0 spiro atoms. The Balaban J connectivity index is 2.09. The van der Waals surface area contributed by atoms with Gasteiger partial charge in [-0.1, -0.05) is 6.92 Å². The van der Waals surface area contributed by atoms with Crippen LogP contribution in [0, 0.1) is 5.82 Å². The van der Waals surface area contributed by atoms with E-state index in [1.165, 1.54) is 12.1 Å². The van der Waals surface area contributed by atoms with Gasteiger partial charge in [-0.15, -0.1) is 0 Å². The van der Waals surface area contributed by atoms with Crippen molar-refractivity contribution in [3.05, 3.63) is 54.1 Å². The van der Waals surface area contributed by atoms with Gasteiger partial charge in [-0.3, -0.25) is 9.78 Å². The van der Waals surface area contributed by atoms with Crippen molar-refractivity contribution < 1.29 is 9.18 Å². The molecule has 2 aromatic rings. The normalized spacial score (nSPS) is 10.1. The number of halogens is 1. The average Bonchev–Trinajstić information content (AvgIpc) is 2.47. The molecule has 1 amide bonds. The van der Waals surface area contributed by atoms with E-state index < -0.39 is 0 Å². The summed E-state index contributed by atoms with van der Waals surface area (Å²) in [5, 5.41) is 5.86. The third-order valence-corrected chi connectivity index (χ3v) is 2.66. The second kappa shape index (κ2) is 6.65. The van der Waals surface area contributed by atoms with Crippen LogP contribution in [0.3, 0.4) is 0 Å². The van der Waals surface area contributed by atoms with Gasteiger partial charge in [0.05, 0.1) is 0 Å². The number of hydrogen-bond acceptors (Lipinski definition) is 3. The molecule has 20 heavy (non-hydrogen) atoms. The molecule has 0 radical (unpaired) electrons. The second-order valence-electron chi connectivity index (χ2n) is 4.32. The molecule has 104 valence electrons. The first kappa shape index (κ1) is 14.0. The molecule has 4 nitrogen and oxygen atoms in total. The Kier molecular flexibility index (Phi) is 4.65. The summed E-state index contributed by atoms with van der Waals surface area (Å²) in [6.07, 6.45) is 2.44. The van der Waals surface area contributed by atoms with Crippen molar-refractivity contribution >= 4 is 17.3 Å². The summed E-state index contributed by atoms with van der Waals surface area (Å²) < 4.78 is 12.8. The molecule has 0 unspecified atom stereocenters. The number of hydrogen-bond donors (Lipinski definition) is 2. The van der Waals surface area contributed by atoms with Crippen LogP contribution in [0.1, 0.15) is 23.8 Å². The second-order valence-corrected chi connectivity index (χ2v) is 4.32. The van der Waals surface area contributed by atoms with Gasteiger partial charge in [-0.25, -0.2) is 4.39 Å². The maximum absolute atomic E-state index is 12.8. The smallest absolute Gasteiger partial charge is 0.269 e. The number of aromatic nitrogens is 1. The number of carbonyl (C=O) groups excluding carboxylic acids is 1. The molecule has 0 aliphatic rings. The fourth-order valence-electron chi connectivity index (χ4n) is 1.66. The van der Waals surface area contributed by atoms with Crippen LogP contribution in [0.25, 0.3) is 0 Å². The first-order chi connectivity index (χ1) is 9.69. The molecular weight excluding hydrogens is 257 g/mol. The van der Waals surface area contributed by atoms with E-state index in [-0.39, 0.29) is 11.7 Å². The van der Waals surface area contributed by atoms with Crippen LogP contribution in [0.2, 0.25) is 0 Å². The molecule has 0 fully saturated rings. The average molecular weight is 273 g/mol. The summed E-state index contributed by atoms with van der Waals surface area (Å²) >= 11 is 0. The fraction of sp³-hybridized carbons (Fsp3) is 0.200. The molecule has 1 aromatic heterocycles. The van der Waals surface area contributed by atoms with Crippen LogP contribution in [-0.2, 0) is 0 Å². The van der Waals surface area contributed by atoms with Gasteiger partial charge in [-0.05, 0) is 42.8 Å². The molecule has 1 aromatic carbocycles. The number of pyridine rings is 1. The summed E-state index contributed by atoms with van der Waals surface area (Å²) in [6, 6.07) is 9.42. The molecular formula is C15H16FN3O. The van der Waals surface area contributed by atoms with E-state index in [2.05, 4.69) is 15.6 Å². The first-order valence-corrected chi connectivity index (χ1v) is 6.46. The topological polar surface area (TPSA) is 54.0 Å². The molecule has 5 heteroatoms. The maximum atomic E-state index is 12.8. The molecule has 2 rings (SSSR count). The number of nitrogens with zero attached hydrogens (tertiary/aromatic N) is 1. The highest BCUT2D eigenvalue weighted by atomic mass is 19.1. The number of rotatable bonds is 5. The quantitative estimate of drug-likeness (QED) is 0.880. The highest BCUT2D eigenvalue weighted by Gasteiger charge is 2.07. The van der Waals surface area contributed by atoms with Crippen molar-refractivity contribution in [2.75, 3.05) is 11.9 Å². The summed E-state index contributed by atoms with van der Waals surface area (Å²) in [5.74, 6) is -0.487. The zero-order valence-corrected chi connectivity index (χ0v) is 11.2. The summed E-state index contributed by atoms with van der Waals surface area (Å²) in [6.45, 7) is 2.61. The number of benzene rings is 1. The zero-order valence-electron chi connectivity index (χ0n) is 11.2. The summed E-state index contributed by atoms with van der Waals surface area (Å²) in [5.41, 5.74) is 1.83. The molecule has 0 saturated carbocycles. The third-order valence-electron chi connectivity index (χ3n) is 2.66. The van der Waals surface area contributed by atoms with Crippen molar-refractivity contribution in [1.82, 2.24) is 10.3 Å². The van der Waals surface area contributed by atoms with E-state index in [1.54, 1.807) is 30.5 Å². The van der Waals surface area contributed by atoms with E-state index in [0.29, 0.717) is 12.2 Å². The number of amides is 1. The van der Waals surface area contributed by atoms with Crippen LogP contribution >= 0.6 is 0 Å². The summed E-state index contributed by atoms with van der Waals surface area (Å²) in [4.78, 5) is 15.8. The van der Waals surface area contributed by atoms with Crippen molar-refractivity contribution in [2.24, 2.45) is 0 Å². The Bertz CT molecular complexity index is 584. The minimum absolute atomic E-state index is 0.199. The largest absolute Gasteiger partial charge is 0.355 e. The van der Waals surface area contributed by atoms with Gasteiger partial charge in [-0.2, -0.15) is 0 Å². The predicted octanol–water partition coefficient (Wildman–Crippen LogP) is 3.10. The van der Waals surface area contributed by atoms with Crippen LogP contribution in [0.15, 0.2) is 42.6 Å². The van der Waals surface area contributed by atoms with Gasteiger partial charge in [0, 0.05) is 24.1 Å². The first-order valence-electron chi connectivity index (χ1n) is 6.46. The predicted molar refractivity (Wildman–Crippen MR) is 76.5 cm³/mol. The van der Waals surface area contributed by atoms with E-state index >= 15 is 0 Å². The van der Waals surface area contributed by atoms with E-state index in [1.807, 2.05) is 6.92 Å². The molecule has 0 bridgehead atoms. The maximum Gasteiger partial charge on any atom is 0.269 e. The van der Waals surface area contributed by atoms with E-state index in [0.717, 1.165) is 17.8 Å². The van der Waals surface area contributed by atoms with Crippen LogP contribution in [0.5, 0.6) is 0 Å². The van der Waals surface area contributed by atoms with Gasteiger partial charge in [0.1, 0.15) is 11.5 Å². The van der Waals surface area contributed by atoms with Gasteiger partial charge in [0.25, 0.3) is 5.91 Å². The SMILES string of the molecule is CCCNC(=O)c1cc(Nc2ccc(F)cc2)ccn1. The highest BCUT2D eigenvalue weighted by molar-refractivity contribution is 5.93. The molecule has 0 saturated heterocycles. The molecule has 0 atom stereocenters. The highest BCUT2D eigenvalue weighted by Crippen LogP contribution is 2.17. The number of carbonyl (C=O) groups is 1. The minimum atomic E-state index is -0.287. The number of nitrogens with one attached hydrogen (secondary N) is 2. The van der Waals surface area contributed by atoms with Crippen LogP contribution < -0.4 is 10.6 Å². The third kappa shape index (κ3) is 3.78. The van der Waals surface area contributed by atoms with Gasteiger partial charge < -0.3 is 10.6 Å². The van der Waals surface area contributed by atoms with E-state index in [4.69, 9.17) is 0 Å². The van der Waals surface area contributed by atoms with Crippen LogP contribution in [0.4, 0.5) is 15.8 Å². The Morgan fingerprint density at radius 2 is 1.95 bits per heavy atom. The standard InChI is InChI=1S/C15H16FN3O/c1-2-8-18-15(20)14-10-13(7-9-17-14)19-12-5-3-11(16)4-6-12/h3-7,9-10H,2,8H2,1H3,(H,17,19)(H,18,20). The molecule has 0 aliphatic carbocycles. The molecule has 2 N–H and O–H groups in total. The Hall–Kier alpha value is -2.43. The monoisotopic (exact) mass is 273 g/mol. The molecule has 1 heterocycles. The fourth-order valence-corrected chi connectivity index (χ4v) is 1.66. The Morgan fingerprint density at radius 3 is 2.65 bits per heavy atom. The van der Waals surface area contributed by atoms with E-state index in [9.17, 15) is 9.18 Å². The van der Waals surface area contributed by atoms with Crippen molar-refractivity contribution in [2.45, 2.75) is 13.3 Å². The lowest BCUT2D eigenvalue weighted by molar-refractivity contribution is 0.0949. The van der Waals surface area contributed by atoms with Crippen molar-refractivity contribution in [1.29, 1.82) is 0 Å². The minimum Gasteiger partial charge on any atom is -0.355 e. The van der Waals surface area contributed by atoms with Gasteiger partial charge in [0.2, 0.25) is 0 Å². The van der Waals surface area contributed by atoms with Crippen molar-refractivity contribution in [3.8, 4) is 0 Å². The van der Waals surface area contributed by atoms with Gasteiger partial charge in [0.15, 0.2) is 0 Å². The lowest BCUT2D eigenvalue weighted by Gasteiger charge is -2.08. The van der Waals surface area contributed by atoms with Crippen LogP contribution in [-0.4, -0.2) is 17.4 Å². The lowest BCUT2D eigenvalue weighted by Crippen LogP contribution is -2.24. The Morgan fingerprint density at radius 1 is 1.20 bits per heavy atom. The van der Waals surface area contributed by atoms with Crippen molar-refractivity contribution in [3.63, 3.8) is 0 Å². The summed E-state index contributed by atoms with van der Waals surface area (Å²) in [7, 11) is 0. The van der Waals surface area contributed by atoms with Gasteiger partial charge >= 0.3 is 0 Å². The number of anilines is 2. The Labute approximate surface area is 117 Å². The lowest BCUT2D eigenvalue weighted by atomic mass is 10.2.